The SMILES string of the molecule is COC1CCN(CCC2CCN(C(C)=O)CC2)CC1. The van der Waals surface area contributed by atoms with Gasteiger partial charge in [-0.15, -0.1) is 0 Å². The highest BCUT2D eigenvalue weighted by atomic mass is 16.5. The van der Waals surface area contributed by atoms with Gasteiger partial charge in [0.1, 0.15) is 0 Å². The van der Waals surface area contributed by atoms with E-state index < -0.39 is 0 Å². The molecule has 0 saturated carbocycles. The Balaban J connectivity index is 1.61. The summed E-state index contributed by atoms with van der Waals surface area (Å²) in [7, 11) is 1.82. The zero-order chi connectivity index (χ0) is 13.7. The molecular weight excluding hydrogens is 240 g/mol. The van der Waals surface area contributed by atoms with E-state index in [2.05, 4.69) is 4.90 Å². The molecule has 0 radical (unpaired) electrons. The Morgan fingerprint density at radius 2 is 1.74 bits per heavy atom. The quantitative estimate of drug-likeness (QED) is 0.778. The van der Waals surface area contributed by atoms with Gasteiger partial charge in [-0.05, 0) is 44.6 Å². The van der Waals surface area contributed by atoms with Crippen molar-refractivity contribution in [2.45, 2.75) is 45.1 Å². The maximum atomic E-state index is 11.3. The summed E-state index contributed by atoms with van der Waals surface area (Å²) < 4.78 is 5.40. The third-order valence-corrected chi connectivity index (χ3v) is 4.78. The number of ether oxygens (including phenoxy) is 1. The van der Waals surface area contributed by atoms with Gasteiger partial charge < -0.3 is 14.5 Å². The second kappa shape index (κ2) is 7.25. The van der Waals surface area contributed by atoms with Crippen molar-refractivity contribution in [2.24, 2.45) is 5.92 Å². The fourth-order valence-corrected chi connectivity index (χ4v) is 3.27. The Morgan fingerprint density at radius 3 is 2.26 bits per heavy atom. The summed E-state index contributed by atoms with van der Waals surface area (Å²) >= 11 is 0. The highest BCUT2D eigenvalue weighted by Gasteiger charge is 2.23. The van der Waals surface area contributed by atoms with Crippen molar-refractivity contribution in [3.8, 4) is 0 Å². The molecule has 2 heterocycles. The van der Waals surface area contributed by atoms with E-state index in [1.54, 1.807) is 6.92 Å². The van der Waals surface area contributed by atoms with E-state index in [-0.39, 0.29) is 5.91 Å². The first-order valence-electron chi connectivity index (χ1n) is 7.69. The van der Waals surface area contributed by atoms with Gasteiger partial charge in [-0.2, -0.15) is 0 Å². The molecule has 0 aliphatic carbocycles. The molecule has 110 valence electrons. The highest BCUT2D eigenvalue weighted by Crippen LogP contribution is 2.22. The van der Waals surface area contributed by atoms with Crippen LogP contribution in [0.3, 0.4) is 0 Å². The highest BCUT2D eigenvalue weighted by molar-refractivity contribution is 5.73. The number of hydrogen-bond acceptors (Lipinski definition) is 3. The van der Waals surface area contributed by atoms with Gasteiger partial charge in [0.05, 0.1) is 6.10 Å². The van der Waals surface area contributed by atoms with Crippen LogP contribution in [0, 0.1) is 5.92 Å². The van der Waals surface area contributed by atoms with E-state index >= 15 is 0 Å². The second-order valence-corrected chi connectivity index (χ2v) is 6.01. The van der Waals surface area contributed by atoms with Crippen molar-refractivity contribution in [2.75, 3.05) is 39.8 Å². The summed E-state index contributed by atoms with van der Waals surface area (Å²) in [4.78, 5) is 15.8. The molecule has 1 amide bonds. The van der Waals surface area contributed by atoms with Crippen LogP contribution >= 0.6 is 0 Å². The number of nitrogens with zero attached hydrogens (tertiary/aromatic N) is 2. The van der Waals surface area contributed by atoms with E-state index in [4.69, 9.17) is 4.74 Å². The van der Waals surface area contributed by atoms with Crippen molar-refractivity contribution in [3.05, 3.63) is 0 Å². The smallest absolute Gasteiger partial charge is 0.219 e. The molecule has 2 saturated heterocycles. The third kappa shape index (κ3) is 4.46. The van der Waals surface area contributed by atoms with Gasteiger partial charge in [0, 0.05) is 40.2 Å². The third-order valence-electron chi connectivity index (χ3n) is 4.78. The van der Waals surface area contributed by atoms with Gasteiger partial charge in [0.2, 0.25) is 5.91 Å². The molecule has 0 atom stereocenters. The monoisotopic (exact) mass is 268 g/mol. The van der Waals surface area contributed by atoms with E-state index in [0.717, 1.165) is 19.0 Å². The Kier molecular flexibility index (Phi) is 5.64. The van der Waals surface area contributed by atoms with E-state index in [0.29, 0.717) is 6.10 Å². The predicted molar refractivity (Wildman–Crippen MR) is 76.1 cm³/mol. The summed E-state index contributed by atoms with van der Waals surface area (Å²) in [6.45, 7) is 7.20. The minimum atomic E-state index is 0.236. The predicted octanol–water partition coefficient (Wildman–Crippen LogP) is 1.75. The average Bonchev–Trinajstić information content (AvgIpc) is 2.46. The number of methoxy groups -OCH3 is 1. The van der Waals surface area contributed by atoms with E-state index in [1.807, 2.05) is 12.0 Å². The molecule has 0 unspecified atom stereocenters. The van der Waals surface area contributed by atoms with Crippen LogP contribution in [0.1, 0.15) is 39.0 Å². The first-order chi connectivity index (χ1) is 9.19. The summed E-state index contributed by atoms with van der Waals surface area (Å²) in [5.74, 6) is 1.05. The van der Waals surface area contributed by atoms with Crippen LogP contribution in [0.25, 0.3) is 0 Å². The Labute approximate surface area is 117 Å². The molecule has 2 rings (SSSR count). The molecular formula is C15H28N2O2. The van der Waals surface area contributed by atoms with Gasteiger partial charge in [-0.25, -0.2) is 0 Å². The van der Waals surface area contributed by atoms with Gasteiger partial charge in [-0.3, -0.25) is 4.79 Å². The zero-order valence-corrected chi connectivity index (χ0v) is 12.4. The summed E-state index contributed by atoms with van der Waals surface area (Å²) in [6.07, 6.45) is 6.51. The maximum Gasteiger partial charge on any atom is 0.219 e. The van der Waals surface area contributed by atoms with Crippen LogP contribution < -0.4 is 0 Å². The molecule has 4 nitrogen and oxygen atoms in total. The Morgan fingerprint density at radius 1 is 1.11 bits per heavy atom. The first-order valence-corrected chi connectivity index (χ1v) is 7.69. The average molecular weight is 268 g/mol. The van der Waals surface area contributed by atoms with Gasteiger partial charge in [0.15, 0.2) is 0 Å². The van der Waals surface area contributed by atoms with E-state index in [9.17, 15) is 4.79 Å². The maximum absolute atomic E-state index is 11.3. The lowest BCUT2D eigenvalue weighted by Crippen LogP contribution is -2.40. The molecule has 0 aromatic rings. The fourth-order valence-electron chi connectivity index (χ4n) is 3.27. The van der Waals surface area contributed by atoms with Crippen LogP contribution in [-0.2, 0) is 9.53 Å². The molecule has 0 bridgehead atoms. The number of carbonyl (C=O) groups excluding carboxylic acids is 1. The normalized spacial score (nSPS) is 23.8. The van der Waals surface area contributed by atoms with Crippen LogP contribution in [0.2, 0.25) is 0 Å². The van der Waals surface area contributed by atoms with E-state index in [1.165, 1.54) is 51.7 Å². The van der Waals surface area contributed by atoms with Gasteiger partial charge >= 0.3 is 0 Å². The molecule has 2 aliphatic heterocycles. The van der Waals surface area contributed by atoms with Crippen LogP contribution in [-0.4, -0.2) is 61.6 Å². The van der Waals surface area contributed by atoms with Crippen molar-refractivity contribution < 1.29 is 9.53 Å². The number of hydrogen-bond donors (Lipinski definition) is 0. The van der Waals surface area contributed by atoms with Crippen LogP contribution in [0.5, 0.6) is 0 Å². The summed E-state index contributed by atoms with van der Waals surface area (Å²) in [6, 6.07) is 0. The summed E-state index contributed by atoms with van der Waals surface area (Å²) in [5.41, 5.74) is 0. The number of carbonyl (C=O) groups is 1. The molecule has 2 aliphatic rings. The van der Waals surface area contributed by atoms with Crippen molar-refractivity contribution in [1.82, 2.24) is 9.80 Å². The van der Waals surface area contributed by atoms with Crippen LogP contribution in [0.15, 0.2) is 0 Å². The topological polar surface area (TPSA) is 32.8 Å². The number of piperidine rings is 2. The second-order valence-electron chi connectivity index (χ2n) is 6.01. The molecule has 0 aromatic carbocycles. The Bertz CT molecular complexity index is 280. The minimum Gasteiger partial charge on any atom is -0.381 e. The lowest BCUT2D eigenvalue weighted by molar-refractivity contribution is -0.130. The Hall–Kier alpha value is -0.610. The molecule has 2 fully saturated rings. The summed E-state index contributed by atoms with van der Waals surface area (Å²) in [5, 5.41) is 0. The first kappa shape index (κ1) is 14.8. The standard InChI is InChI=1S/C15H28N2O2/c1-13(18)17-11-4-14(5-12-17)3-8-16-9-6-15(19-2)7-10-16/h14-15H,3-12H2,1-2H3. The van der Waals surface area contributed by atoms with Crippen molar-refractivity contribution >= 4 is 5.91 Å². The van der Waals surface area contributed by atoms with Gasteiger partial charge in [-0.1, -0.05) is 0 Å². The molecule has 0 N–H and O–H groups in total. The molecule has 0 aromatic heterocycles. The number of likely N-dealkylation sites (tertiary alicyclic amines) is 2. The molecule has 0 spiro atoms. The van der Waals surface area contributed by atoms with Crippen molar-refractivity contribution in [3.63, 3.8) is 0 Å². The largest absolute Gasteiger partial charge is 0.381 e. The minimum absolute atomic E-state index is 0.236. The fraction of sp³-hybridized carbons (Fsp3) is 0.933. The molecule has 4 heteroatoms. The molecule has 19 heavy (non-hydrogen) atoms. The zero-order valence-electron chi connectivity index (χ0n) is 12.4. The lowest BCUT2D eigenvalue weighted by Gasteiger charge is -2.34. The number of amides is 1. The van der Waals surface area contributed by atoms with Gasteiger partial charge in [0.25, 0.3) is 0 Å². The van der Waals surface area contributed by atoms with Crippen LogP contribution in [0.4, 0.5) is 0 Å². The lowest BCUT2D eigenvalue weighted by atomic mass is 9.93. The number of rotatable bonds is 4. The van der Waals surface area contributed by atoms with Crippen molar-refractivity contribution in [1.29, 1.82) is 0 Å².